The fraction of sp³-hybridized carbons (Fsp3) is 0.367. The molecule has 0 bridgehead atoms. The van der Waals surface area contributed by atoms with Crippen LogP contribution in [-0.2, 0) is 30.3 Å². The minimum absolute atomic E-state index is 0.239. The molecule has 0 heterocycles. The fourth-order valence-corrected chi connectivity index (χ4v) is 4.67. The average molecular weight is 504 g/mol. The molecule has 0 aromatic heterocycles. The third-order valence-corrected chi connectivity index (χ3v) is 6.68. The van der Waals surface area contributed by atoms with Crippen molar-refractivity contribution in [2.45, 2.75) is 45.4 Å². The van der Waals surface area contributed by atoms with Gasteiger partial charge in [-0.3, -0.25) is 14.4 Å². The minimum atomic E-state index is -0.502. The van der Waals surface area contributed by atoms with Crippen LogP contribution in [0.3, 0.4) is 0 Å². The molecule has 194 valence electrons. The Bertz CT molecular complexity index is 1280. The van der Waals surface area contributed by atoms with Crippen molar-refractivity contribution in [2.75, 3.05) is 25.6 Å². The zero-order chi connectivity index (χ0) is 26.2. The molecule has 0 radical (unpaired) electrons. The summed E-state index contributed by atoms with van der Waals surface area (Å²) in [6.45, 7) is 1.63. The van der Waals surface area contributed by atoms with Gasteiger partial charge in [0.05, 0.1) is 13.7 Å². The normalized spacial score (nSPS) is 13.4. The number of nitrogens with one attached hydrogen (secondary N) is 1. The van der Waals surface area contributed by atoms with E-state index in [1.165, 1.54) is 39.7 Å². The SMILES string of the molecule is COC(=O)CCc1ccc(OCC2CCCC2)c(-c2ccc3ccc(NC(=O)COC(C)=O)cc3c2)c1. The first kappa shape index (κ1) is 26.2. The summed E-state index contributed by atoms with van der Waals surface area (Å²) in [5.41, 5.74) is 3.59. The Kier molecular flexibility index (Phi) is 8.77. The van der Waals surface area contributed by atoms with Crippen LogP contribution in [0.15, 0.2) is 54.6 Å². The number of hydrogen-bond acceptors (Lipinski definition) is 6. The Labute approximate surface area is 217 Å². The third kappa shape index (κ3) is 7.32. The molecule has 1 amide bonds. The van der Waals surface area contributed by atoms with Crippen molar-refractivity contribution in [2.24, 2.45) is 5.92 Å². The van der Waals surface area contributed by atoms with Crippen molar-refractivity contribution in [3.8, 4) is 16.9 Å². The van der Waals surface area contributed by atoms with Crippen molar-refractivity contribution in [1.82, 2.24) is 0 Å². The first-order chi connectivity index (χ1) is 17.9. The lowest BCUT2D eigenvalue weighted by Crippen LogP contribution is -2.19. The van der Waals surface area contributed by atoms with Crippen molar-refractivity contribution >= 4 is 34.3 Å². The smallest absolute Gasteiger partial charge is 0.305 e. The molecule has 0 spiro atoms. The van der Waals surface area contributed by atoms with Gasteiger partial charge in [-0.2, -0.15) is 0 Å². The number of rotatable bonds is 10. The molecular weight excluding hydrogens is 470 g/mol. The number of ether oxygens (including phenoxy) is 3. The lowest BCUT2D eigenvalue weighted by molar-refractivity contribution is -0.145. The number of anilines is 1. The van der Waals surface area contributed by atoms with Gasteiger partial charge in [0.2, 0.25) is 0 Å². The number of hydrogen-bond donors (Lipinski definition) is 1. The van der Waals surface area contributed by atoms with Gasteiger partial charge in [-0.25, -0.2) is 0 Å². The lowest BCUT2D eigenvalue weighted by atomic mass is 9.97. The number of carbonyl (C=O) groups is 3. The van der Waals surface area contributed by atoms with E-state index in [1.807, 2.05) is 36.4 Å². The van der Waals surface area contributed by atoms with Gasteiger partial charge in [0.25, 0.3) is 5.91 Å². The summed E-state index contributed by atoms with van der Waals surface area (Å²) < 4.78 is 15.9. The summed E-state index contributed by atoms with van der Waals surface area (Å²) in [6, 6.07) is 17.9. The summed E-state index contributed by atoms with van der Waals surface area (Å²) in [6.07, 6.45) is 5.82. The van der Waals surface area contributed by atoms with Crippen LogP contribution >= 0.6 is 0 Å². The maximum Gasteiger partial charge on any atom is 0.305 e. The van der Waals surface area contributed by atoms with Gasteiger partial charge >= 0.3 is 11.9 Å². The number of aryl methyl sites for hydroxylation is 1. The fourth-order valence-electron chi connectivity index (χ4n) is 4.67. The van der Waals surface area contributed by atoms with E-state index in [4.69, 9.17) is 14.2 Å². The van der Waals surface area contributed by atoms with Gasteiger partial charge in [0.1, 0.15) is 5.75 Å². The van der Waals surface area contributed by atoms with Crippen LogP contribution in [0.25, 0.3) is 21.9 Å². The molecule has 3 aromatic rings. The molecule has 4 rings (SSSR count). The van der Waals surface area contributed by atoms with Crippen molar-refractivity contribution < 1.29 is 28.6 Å². The van der Waals surface area contributed by atoms with Crippen LogP contribution in [0, 0.1) is 5.92 Å². The van der Waals surface area contributed by atoms with Gasteiger partial charge in [-0.05, 0) is 77.4 Å². The molecule has 0 saturated heterocycles. The standard InChI is InChI=1S/C30H33NO6/c1-20(32)36-19-29(33)31-26-12-11-23-9-10-24(16-25(23)17-26)27-15-21(8-14-30(34)35-2)7-13-28(27)37-18-22-5-3-4-6-22/h7,9-13,15-17,22H,3-6,8,14,18-19H2,1-2H3,(H,31,33). The summed E-state index contributed by atoms with van der Waals surface area (Å²) >= 11 is 0. The Balaban J connectivity index is 1.61. The highest BCUT2D eigenvalue weighted by atomic mass is 16.5. The highest BCUT2D eigenvalue weighted by Gasteiger charge is 2.17. The van der Waals surface area contributed by atoms with E-state index in [0.717, 1.165) is 33.2 Å². The van der Waals surface area contributed by atoms with E-state index in [9.17, 15) is 14.4 Å². The van der Waals surface area contributed by atoms with Gasteiger partial charge in [0, 0.05) is 24.6 Å². The molecule has 0 unspecified atom stereocenters. The Morgan fingerprint density at radius 1 is 0.946 bits per heavy atom. The zero-order valence-electron chi connectivity index (χ0n) is 21.4. The molecule has 0 atom stereocenters. The molecule has 1 N–H and O–H groups in total. The van der Waals surface area contributed by atoms with E-state index >= 15 is 0 Å². The molecule has 7 heteroatoms. The second-order valence-corrected chi connectivity index (χ2v) is 9.47. The molecule has 0 aliphatic heterocycles. The van der Waals surface area contributed by atoms with Gasteiger partial charge in [-0.1, -0.05) is 37.1 Å². The van der Waals surface area contributed by atoms with E-state index < -0.39 is 11.9 Å². The molecule has 1 aliphatic carbocycles. The molecule has 1 fully saturated rings. The molecule has 1 saturated carbocycles. The predicted octanol–water partition coefficient (Wildman–Crippen LogP) is 5.68. The van der Waals surface area contributed by atoms with Crippen LogP contribution in [0.4, 0.5) is 5.69 Å². The average Bonchev–Trinajstić information content (AvgIpc) is 3.43. The monoisotopic (exact) mass is 503 g/mol. The third-order valence-electron chi connectivity index (χ3n) is 6.68. The van der Waals surface area contributed by atoms with E-state index in [1.54, 1.807) is 0 Å². The van der Waals surface area contributed by atoms with Crippen LogP contribution in [-0.4, -0.2) is 38.2 Å². The van der Waals surface area contributed by atoms with Gasteiger partial charge < -0.3 is 19.5 Å². The van der Waals surface area contributed by atoms with Crippen molar-refractivity contribution in [3.05, 3.63) is 60.2 Å². The van der Waals surface area contributed by atoms with Crippen LogP contribution < -0.4 is 10.1 Å². The van der Waals surface area contributed by atoms with Crippen molar-refractivity contribution in [1.29, 1.82) is 0 Å². The van der Waals surface area contributed by atoms with Gasteiger partial charge in [-0.15, -0.1) is 0 Å². The molecule has 1 aliphatic rings. The van der Waals surface area contributed by atoms with Crippen LogP contribution in [0.5, 0.6) is 5.75 Å². The number of benzene rings is 3. The maximum absolute atomic E-state index is 12.1. The summed E-state index contributed by atoms with van der Waals surface area (Å²) in [5.74, 6) is 0.266. The molecular formula is C30H33NO6. The first-order valence-electron chi connectivity index (χ1n) is 12.7. The molecule has 7 nitrogen and oxygen atoms in total. The number of esters is 2. The Hall–Kier alpha value is -3.87. The highest BCUT2D eigenvalue weighted by molar-refractivity contribution is 5.96. The predicted molar refractivity (Wildman–Crippen MR) is 142 cm³/mol. The Morgan fingerprint density at radius 2 is 1.73 bits per heavy atom. The Morgan fingerprint density at radius 3 is 2.49 bits per heavy atom. The largest absolute Gasteiger partial charge is 0.493 e. The van der Waals surface area contributed by atoms with E-state index in [0.29, 0.717) is 31.1 Å². The van der Waals surface area contributed by atoms with Gasteiger partial charge in [0.15, 0.2) is 6.61 Å². The van der Waals surface area contributed by atoms with E-state index in [2.05, 4.69) is 23.5 Å². The molecule has 37 heavy (non-hydrogen) atoms. The zero-order valence-corrected chi connectivity index (χ0v) is 21.4. The number of methoxy groups -OCH3 is 1. The maximum atomic E-state index is 12.1. The highest BCUT2D eigenvalue weighted by Crippen LogP contribution is 2.35. The second-order valence-electron chi connectivity index (χ2n) is 9.47. The number of amides is 1. The quantitative estimate of drug-likeness (QED) is 0.358. The summed E-state index contributed by atoms with van der Waals surface area (Å²) in [5, 5.41) is 4.74. The van der Waals surface area contributed by atoms with Crippen molar-refractivity contribution in [3.63, 3.8) is 0 Å². The summed E-state index contributed by atoms with van der Waals surface area (Å²) in [4.78, 5) is 34.8. The van der Waals surface area contributed by atoms with Crippen LogP contribution in [0.1, 0.15) is 44.6 Å². The van der Waals surface area contributed by atoms with Crippen LogP contribution in [0.2, 0.25) is 0 Å². The lowest BCUT2D eigenvalue weighted by Gasteiger charge is -2.17. The summed E-state index contributed by atoms with van der Waals surface area (Å²) in [7, 11) is 1.40. The topological polar surface area (TPSA) is 90.9 Å². The van der Waals surface area contributed by atoms with E-state index in [-0.39, 0.29) is 12.6 Å². The molecule has 3 aromatic carbocycles. The first-order valence-corrected chi connectivity index (χ1v) is 12.7. The number of carbonyl (C=O) groups excluding carboxylic acids is 3. The second kappa shape index (κ2) is 12.4. The minimum Gasteiger partial charge on any atom is -0.493 e. The number of fused-ring (bicyclic) bond motifs is 1.